The smallest absolute Gasteiger partial charge is 0.190 e. The normalized spacial score (nSPS) is 41.5. The minimum absolute atomic E-state index is 0.0743. The Morgan fingerprint density at radius 2 is 1.82 bits per heavy atom. The summed E-state index contributed by atoms with van der Waals surface area (Å²) in [5.74, 6) is -2.56. The van der Waals surface area contributed by atoms with Crippen molar-refractivity contribution in [3.63, 3.8) is 0 Å². The maximum absolute atomic E-state index is 17.6. The monoisotopic (exact) mass is 617 g/mol. The lowest BCUT2D eigenvalue weighted by atomic mass is 9.44. The number of Topliss-reactive ketones (excluding diaryl/α,β-unsaturated/α-hetero) is 1. The van der Waals surface area contributed by atoms with Gasteiger partial charge < -0.3 is 20.3 Å². The number of allylic oxidation sites excluding steroid dienone is 4. The van der Waals surface area contributed by atoms with Crippen LogP contribution in [0.1, 0.15) is 62.3 Å². The number of rotatable bonds is 6. The maximum atomic E-state index is 17.6. The van der Waals surface area contributed by atoms with Crippen molar-refractivity contribution < 1.29 is 33.3 Å². The third kappa shape index (κ3) is 4.07. The summed E-state index contributed by atoms with van der Waals surface area (Å²) in [4.78, 5) is 26.0. The van der Waals surface area contributed by atoms with Gasteiger partial charge >= 0.3 is 0 Å². The van der Waals surface area contributed by atoms with Gasteiger partial charge in [-0.1, -0.05) is 49.4 Å². The van der Waals surface area contributed by atoms with Crippen LogP contribution in [0.15, 0.2) is 72.3 Å². The second-order valence-electron chi connectivity index (χ2n) is 14.3. The molecule has 238 valence electrons. The number of hydrogen-bond acceptors (Lipinski definition) is 6. The van der Waals surface area contributed by atoms with Gasteiger partial charge in [-0.15, -0.1) is 0 Å². The van der Waals surface area contributed by atoms with Crippen LogP contribution in [0, 0.1) is 28.6 Å². The zero-order valence-corrected chi connectivity index (χ0v) is 25.9. The topological polar surface area (TPSA) is 95.9 Å². The molecule has 45 heavy (non-hydrogen) atoms. The lowest BCUT2D eigenvalue weighted by molar-refractivity contribution is -0.231. The lowest BCUT2D eigenvalue weighted by Crippen LogP contribution is -2.70. The third-order valence-electron chi connectivity index (χ3n) is 12.3. The van der Waals surface area contributed by atoms with E-state index in [2.05, 4.69) is 29.6 Å². The van der Waals surface area contributed by atoms with Crippen molar-refractivity contribution in [2.45, 2.75) is 75.6 Å². The number of carbonyl (C=O) groups excluding carboxylic acids is 2. The number of hydrogen-bond donors (Lipinski definition) is 3. The molecular formula is C37H41F2NO5. The first kappa shape index (κ1) is 30.5. The van der Waals surface area contributed by atoms with E-state index >= 15 is 8.78 Å². The molecule has 0 amide bonds. The summed E-state index contributed by atoms with van der Waals surface area (Å²) < 4.78 is 40.2. The van der Waals surface area contributed by atoms with Crippen molar-refractivity contribution in [2.24, 2.45) is 28.6 Å². The maximum Gasteiger partial charge on any atom is 0.190 e. The minimum atomic E-state index is -2.23. The van der Waals surface area contributed by atoms with E-state index in [0.29, 0.717) is 12.8 Å². The highest BCUT2D eigenvalue weighted by Gasteiger charge is 2.79. The number of ketones is 2. The molecular weight excluding hydrogens is 576 g/mol. The SMILES string of the molecule is CNc1cccc(Cc2ccc([C@@H]3C[C@@H]4CC5C6C[C@H](F)C7=CC(=O)C=CC7(C)[C@@]6(F)C(O)CC5(C)C4(C(=O)CO)O3)cc2)c1. The van der Waals surface area contributed by atoms with Gasteiger partial charge in [0.1, 0.15) is 18.4 Å². The van der Waals surface area contributed by atoms with Crippen LogP contribution in [0.2, 0.25) is 0 Å². The van der Waals surface area contributed by atoms with Gasteiger partial charge in [0.05, 0.1) is 12.2 Å². The van der Waals surface area contributed by atoms with E-state index in [4.69, 9.17) is 4.74 Å². The van der Waals surface area contributed by atoms with E-state index in [0.717, 1.165) is 23.2 Å². The van der Waals surface area contributed by atoms with Crippen LogP contribution in [0.4, 0.5) is 14.5 Å². The molecule has 0 aromatic heterocycles. The Morgan fingerprint density at radius 1 is 1.07 bits per heavy atom. The zero-order chi connectivity index (χ0) is 31.9. The van der Waals surface area contributed by atoms with E-state index in [9.17, 15) is 19.8 Å². The molecule has 8 heteroatoms. The Hall–Kier alpha value is -3.20. The molecule has 6 unspecified atom stereocenters. The van der Waals surface area contributed by atoms with Crippen molar-refractivity contribution in [1.82, 2.24) is 0 Å². The molecule has 3 saturated carbocycles. The summed E-state index contributed by atoms with van der Waals surface area (Å²) in [7, 11) is 1.89. The van der Waals surface area contributed by atoms with Gasteiger partial charge in [0.15, 0.2) is 17.2 Å². The van der Waals surface area contributed by atoms with E-state index in [1.54, 1.807) is 6.92 Å². The van der Waals surface area contributed by atoms with Gasteiger partial charge in [0.2, 0.25) is 0 Å². The van der Waals surface area contributed by atoms with Crippen molar-refractivity contribution in [3.05, 3.63) is 89.0 Å². The molecule has 5 aliphatic rings. The second-order valence-corrected chi connectivity index (χ2v) is 14.3. The predicted octanol–water partition coefficient (Wildman–Crippen LogP) is 5.63. The fraction of sp³-hybridized carbons (Fsp3) is 0.514. The molecule has 1 heterocycles. The molecule has 3 N–H and O–H groups in total. The quantitative estimate of drug-likeness (QED) is 0.389. The number of aliphatic hydroxyl groups excluding tert-OH is 2. The largest absolute Gasteiger partial charge is 0.390 e. The Bertz CT molecular complexity index is 1610. The molecule has 1 saturated heterocycles. The van der Waals surface area contributed by atoms with E-state index in [1.165, 1.54) is 23.8 Å². The number of anilines is 1. The summed E-state index contributed by atoms with van der Waals surface area (Å²) in [6, 6.07) is 16.4. The molecule has 1 aliphatic heterocycles. The predicted molar refractivity (Wildman–Crippen MR) is 166 cm³/mol. The molecule has 0 spiro atoms. The minimum Gasteiger partial charge on any atom is -0.390 e. The molecule has 4 fully saturated rings. The fourth-order valence-electron chi connectivity index (χ4n) is 10.2. The van der Waals surface area contributed by atoms with Crippen LogP contribution in [-0.2, 0) is 20.7 Å². The lowest BCUT2D eigenvalue weighted by Gasteiger charge is -2.63. The standard InChI is InChI=1S/C37H41F2NO5/c1-34-12-11-26(42)17-29(34)30(38)18-28-27-15-24-16-31(23-9-7-21(8-10-23)13-22-5-4-6-25(14-22)40-3)45-37(24,33(44)20-41)35(27,2)19-32(43)36(28,34)39/h4-12,14,17,24,27-28,30-32,40-41,43H,13,15-16,18-20H2,1-3H3/t24-,27?,28?,30-,31-,32?,34?,35?,36-,37?/m0/s1. The molecule has 6 nitrogen and oxygen atoms in total. The molecule has 2 aromatic carbocycles. The number of carbonyl (C=O) groups is 2. The number of ether oxygens (including phenoxy) is 1. The Kier molecular flexibility index (Phi) is 7.04. The van der Waals surface area contributed by atoms with Crippen molar-refractivity contribution >= 4 is 17.3 Å². The Morgan fingerprint density at radius 3 is 2.53 bits per heavy atom. The van der Waals surface area contributed by atoms with Gasteiger partial charge in [-0.3, -0.25) is 9.59 Å². The van der Waals surface area contributed by atoms with Crippen LogP contribution in [0.25, 0.3) is 0 Å². The first-order chi connectivity index (χ1) is 21.4. The number of fused-ring (bicyclic) bond motifs is 7. The van der Waals surface area contributed by atoms with Gasteiger partial charge in [0.25, 0.3) is 0 Å². The average Bonchev–Trinajstić information content (AvgIpc) is 3.53. The first-order valence-electron chi connectivity index (χ1n) is 16.0. The summed E-state index contributed by atoms with van der Waals surface area (Å²) in [5.41, 5.74) is -1.84. The fourth-order valence-corrected chi connectivity index (χ4v) is 10.2. The van der Waals surface area contributed by atoms with Gasteiger partial charge in [-0.25, -0.2) is 8.78 Å². The first-order valence-corrected chi connectivity index (χ1v) is 16.0. The molecule has 2 aromatic rings. The highest BCUT2D eigenvalue weighted by molar-refractivity contribution is 6.01. The van der Waals surface area contributed by atoms with Gasteiger partial charge in [0, 0.05) is 29.5 Å². The zero-order valence-electron chi connectivity index (χ0n) is 25.9. The summed E-state index contributed by atoms with van der Waals surface area (Å²) in [6.07, 6.45) is 1.78. The molecule has 7 rings (SSSR count). The van der Waals surface area contributed by atoms with Crippen LogP contribution >= 0.6 is 0 Å². The van der Waals surface area contributed by atoms with Crippen LogP contribution < -0.4 is 5.32 Å². The van der Waals surface area contributed by atoms with Crippen molar-refractivity contribution in [3.8, 4) is 0 Å². The van der Waals surface area contributed by atoms with Crippen LogP contribution in [0.3, 0.4) is 0 Å². The van der Waals surface area contributed by atoms with Crippen molar-refractivity contribution in [2.75, 3.05) is 19.0 Å². The van der Waals surface area contributed by atoms with Crippen molar-refractivity contribution in [1.29, 1.82) is 0 Å². The summed E-state index contributed by atoms with van der Waals surface area (Å²) in [5, 5.41) is 25.1. The molecule has 0 radical (unpaired) electrons. The molecule has 0 bridgehead atoms. The molecule has 10 atom stereocenters. The van der Waals surface area contributed by atoms with Crippen LogP contribution in [0.5, 0.6) is 0 Å². The molecule has 4 aliphatic carbocycles. The Labute approximate surface area is 262 Å². The number of alkyl halides is 2. The number of aliphatic hydroxyl groups is 2. The summed E-state index contributed by atoms with van der Waals surface area (Å²) in [6.45, 7) is 2.70. The van der Waals surface area contributed by atoms with E-state index < -0.39 is 64.7 Å². The number of nitrogens with one attached hydrogen (secondary N) is 1. The summed E-state index contributed by atoms with van der Waals surface area (Å²) >= 11 is 0. The Balaban J connectivity index is 1.20. The highest BCUT2D eigenvalue weighted by Crippen LogP contribution is 2.74. The van der Waals surface area contributed by atoms with E-state index in [-0.39, 0.29) is 30.1 Å². The second kappa shape index (κ2) is 10.4. The van der Waals surface area contributed by atoms with Gasteiger partial charge in [-0.2, -0.15) is 0 Å². The average molecular weight is 618 g/mol. The number of benzene rings is 2. The van der Waals surface area contributed by atoms with Crippen LogP contribution in [-0.4, -0.2) is 59.0 Å². The third-order valence-corrected chi connectivity index (χ3v) is 12.3. The number of halogens is 2. The van der Waals surface area contributed by atoms with E-state index in [1.807, 2.05) is 38.2 Å². The highest BCUT2D eigenvalue weighted by atomic mass is 19.1. The van der Waals surface area contributed by atoms with Gasteiger partial charge in [-0.05, 0) is 97.4 Å².